The van der Waals surface area contributed by atoms with E-state index in [9.17, 15) is 9.90 Å². The normalized spacial score (nSPS) is 20.7. The maximum atomic E-state index is 12.5. The zero-order valence-corrected chi connectivity index (χ0v) is 11.7. The minimum Gasteiger partial charge on any atom is -0.394 e. The van der Waals surface area contributed by atoms with Gasteiger partial charge in [0.1, 0.15) is 0 Å². The second-order valence-electron chi connectivity index (χ2n) is 5.47. The lowest BCUT2D eigenvalue weighted by atomic mass is 9.78. The second kappa shape index (κ2) is 7.07. The lowest BCUT2D eigenvalue weighted by Crippen LogP contribution is -2.54. The Morgan fingerprint density at radius 1 is 1.44 bits per heavy atom. The Morgan fingerprint density at radius 3 is 2.50 bits per heavy atom. The van der Waals surface area contributed by atoms with Crippen molar-refractivity contribution in [2.24, 2.45) is 11.3 Å². The molecule has 1 aliphatic rings. The Labute approximate surface area is 109 Å². The summed E-state index contributed by atoms with van der Waals surface area (Å²) in [5.74, 6) is 0.235. The molecular weight excluding hydrogens is 232 g/mol. The van der Waals surface area contributed by atoms with Crippen molar-refractivity contribution < 1.29 is 14.6 Å². The van der Waals surface area contributed by atoms with E-state index in [2.05, 4.69) is 10.6 Å². The highest BCUT2D eigenvalue weighted by atomic mass is 16.5. The van der Waals surface area contributed by atoms with Crippen molar-refractivity contribution in [3.8, 4) is 0 Å². The van der Waals surface area contributed by atoms with Crippen LogP contribution in [0.15, 0.2) is 0 Å². The number of carbonyl (C=O) groups is 1. The van der Waals surface area contributed by atoms with Crippen LogP contribution in [0.1, 0.15) is 26.7 Å². The SMILES string of the molecule is COCC1(C(=O)N[C@H](CO)C(C)C)CCNCC1. The molecule has 1 aliphatic heterocycles. The summed E-state index contributed by atoms with van der Waals surface area (Å²) in [6.45, 7) is 6.07. The number of rotatable bonds is 6. The van der Waals surface area contributed by atoms with Crippen molar-refractivity contribution in [3.05, 3.63) is 0 Å². The van der Waals surface area contributed by atoms with Crippen LogP contribution in [-0.2, 0) is 9.53 Å². The average molecular weight is 258 g/mol. The molecule has 1 fully saturated rings. The Hall–Kier alpha value is -0.650. The van der Waals surface area contributed by atoms with Gasteiger partial charge < -0.3 is 20.5 Å². The Kier molecular flexibility index (Phi) is 6.05. The molecule has 18 heavy (non-hydrogen) atoms. The van der Waals surface area contributed by atoms with Crippen LogP contribution in [0.4, 0.5) is 0 Å². The third kappa shape index (κ3) is 3.67. The van der Waals surface area contributed by atoms with Gasteiger partial charge in [-0.15, -0.1) is 0 Å². The van der Waals surface area contributed by atoms with E-state index in [1.165, 1.54) is 0 Å². The summed E-state index contributed by atoms with van der Waals surface area (Å²) in [6.07, 6.45) is 1.56. The molecule has 0 aromatic carbocycles. The van der Waals surface area contributed by atoms with E-state index in [-0.39, 0.29) is 24.5 Å². The van der Waals surface area contributed by atoms with Gasteiger partial charge in [-0.25, -0.2) is 0 Å². The largest absolute Gasteiger partial charge is 0.394 e. The molecule has 0 aliphatic carbocycles. The Bertz CT molecular complexity index is 257. The zero-order chi connectivity index (χ0) is 13.6. The number of hydrogen-bond acceptors (Lipinski definition) is 4. The van der Waals surface area contributed by atoms with Crippen LogP contribution in [0.5, 0.6) is 0 Å². The molecule has 1 atom stereocenters. The molecule has 0 radical (unpaired) electrons. The average Bonchev–Trinajstić information content (AvgIpc) is 2.36. The number of methoxy groups -OCH3 is 1. The van der Waals surface area contributed by atoms with Gasteiger partial charge in [0.2, 0.25) is 5.91 Å². The highest BCUT2D eigenvalue weighted by molar-refractivity contribution is 5.83. The van der Waals surface area contributed by atoms with Gasteiger partial charge in [-0.3, -0.25) is 4.79 Å². The van der Waals surface area contributed by atoms with Gasteiger partial charge in [0.25, 0.3) is 0 Å². The van der Waals surface area contributed by atoms with E-state index < -0.39 is 5.41 Å². The summed E-state index contributed by atoms with van der Waals surface area (Å²) in [4.78, 5) is 12.5. The van der Waals surface area contributed by atoms with Crippen molar-refractivity contribution in [2.45, 2.75) is 32.7 Å². The van der Waals surface area contributed by atoms with Gasteiger partial charge in [-0.2, -0.15) is 0 Å². The molecule has 0 aromatic rings. The molecule has 0 unspecified atom stereocenters. The molecule has 0 spiro atoms. The fourth-order valence-corrected chi connectivity index (χ4v) is 2.36. The summed E-state index contributed by atoms with van der Waals surface area (Å²) in [5, 5.41) is 15.5. The van der Waals surface area contributed by atoms with E-state index >= 15 is 0 Å². The number of aliphatic hydroxyl groups is 1. The first-order valence-corrected chi connectivity index (χ1v) is 6.67. The van der Waals surface area contributed by atoms with Crippen LogP contribution < -0.4 is 10.6 Å². The van der Waals surface area contributed by atoms with Gasteiger partial charge in [-0.1, -0.05) is 13.8 Å². The fourth-order valence-electron chi connectivity index (χ4n) is 2.36. The lowest BCUT2D eigenvalue weighted by molar-refractivity contribution is -0.137. The molecule has 0 saturated carbocycles. The van der Waals surface area contributed by atoms with Crippen molar-refractivity contribution >= 4 is 5.91 Å². The van der Waals surface area contributed by atoms with E-state index in [4.69, 9.17) is 4.74 Å². The molecule has 1 heterocycles. The van der Waals surface area contributed by atoms with Crippen LogP contribution >= 0.6 is 0 Å². The van der Waals surface area contributed by atoms with Crippen molar-refractivity contribution in [3.63, 3.8) is 0 Å². The summed E-state index contributed by atoms with van der Waals surface area (Å²) in [5.41, 5.74) is -0.442. The monoisotopic (exact) mass is 258 g/mol. The van der Waals surface area contributed by atoms with Crippen LogP contribution in [0.25, 0.3) is 0 Å². The zero-order valence-electron chi connectivity index (χ0n) is 11.7. The molecule has 3 N–H and O–H groups in total. The predicted octanol–water partition coefficient (Wildman–Crippen LogP) is 0.136. The van der Waals surface area contributed by atoms with Gasteiger partial charge in [-0.05, 0) is 31.8 Å². The number of nitrogens with one attached hydrogen (secondary N) is 2. The third-order valence-electron chi connectivity index (χ3n) is 3.78. The first kappa shape index (κ1) is 15.4. The van der Waals surface area contributed by atoms with Gasteiger partial charge in [0, 0.05) is 7.11 Å². The number of amides is 1. The predicted molar refractivity (Wildman–Crippen MR) is 70.3 cm³/mol. The lowest BCUT2D eigenvalue weighted by Gasteiger charge is -2.37. The molecule has 1 saturated heterocycles. The number of hydrogen-bond donors (Lipinski definition) is 3. The molecule has 5 nitrogen and oxygen atoms in total. The Balaban J connectivity index is 2.70. The molecule has 1 rings (SSSR count). The molecular formula is C13H26N2O3. The van der Waals surface area contributed by atoms with Crippen LogP contribution in [-0.4, -0.2) is 50.5 Å². The minimum absolute atomic E-state index is 0.0126. The van der Waals surface area contributed by atoms with E-state index in [0.29, 0.717) is 6.61 Å². The smallest absolute Gasteiger partial charge is 0.228 e. The first-order chi connectivity index (χ1) is 8.55. The summed E-state index contributed by atoms with van der Waals surface area (Å²) in [7, 11) is 1.63. The van der Waals surface area contributed by atoms with Crippen molar-refractivity contribution in [1.82, 2.24) is 10.6 Å². The molecule has 106 valence electrons. The van der Waals surface area contributed by atoms with Crippen LogP contribution in [0.2, 0.25) is 0 Å². The van der Waals surface area contributed by atoms with Gasteiger partial charge >= 0.3 is 0 Å². The number of ether oxygens (including phenoxy) is 1. The van der Waals surface area contributed by atoms with Crippen LogP contribution in [0, 0.1) is 11.3 Å². The maximum Gasteiger partial charge on any atom is 0.228 e. The third-order valence-corrected chi connectivity index (χ3v) is 3.78. The van der Waals surface area contributed by atoms with E-state index in [0.717, 1.165) is 25.9 Å². The van der Waals surface area contributed by atoms with Crippen molar-refractivity contribution in [2.75, 3.05) is 33.4 Å². The number of piperidine rings is 1. The molecule has 0 aromatic heterocycles. The maximum absolute atomic E-state index is 12.5. The van der Waals surface area contributed by atoms with Gasteiger partial charge in [0.15, 0.2) is 0 Å². The highest BCUT2D eigenvalue weighted by Crippen LogP contribution is 2.29. The van der Waals surface area contributed by atoms with Crippen molar-refractivity contribution in [1.29, 1.82) is 0 Å². The molecule has 1 amide bonds. The van der Waals surface area contributed by atoms with Crippen LogP contribution in [0.3, 0.4) is 0 Å². The second-order valence-corrected chi connectivity index (χ2v) is 5.47. The summed E-state index contributed by atoms with van der Waals surface area (Å²) < 4.78 is 5.23. The molecule has 5 heteroatoms. The first-order valence-electron chi connectivity index (χ1n) is 6.67. The topological polar surface area (TPSA) is 70.6 Å². The summed E-state index contributed by atoms with van der Waals surface area (Å²) >= 11 is 0. The number of carbonyl (C=O) groups excluding carboxylic acids is 1. The fraction of sp³-hybridized carbons (Fsp3) is 0.923. The standard InChI is InChI=1S/C13H26N2O3/c1-10(2)11(8-16)15-12(17)13(9-18-3)4-6-14-7-5-13/h10-11,14,16H,4-9H2,1-3H3,(H,15,17)/t11-/m1/s1. The van der Waals surface area contributed by atoms with Gasteiger partial charge in [0.05, 0.1) is 24.7 Å². The van der Waals surface area contributed by atoms with E-state index in [1.807, 2.05) is 13.8 Å². The Morgan fingerprint density at radius 2 is 2.06 bits per heavy atom. The quantitative estimate of drug-likeness (QED) is 0.633. The summed E-state index contributed by atoms with van der Waals surface area (Å²) in [6, 6.07) is -0.180. The molecule has 0 bridgehead atoms. The highest BCUT2D eigenvalue weighted by Gasteiger charge is 2.40. The van der Waals surface area contributed by atoms with E-state index in [1.54, 1.807) is 7.11 Å². The minimum atomic E-state index is -0.442. The number of aliphatic hydroxyl groups excluding tert-OH is 1.